The molecule has 0 spiro atoms. The van der Waals surface area contributed by atoms with Gasteiger partial charge in [-0.1, -0.05) is 19.9 Å². The van der Waals surface area contributed by atoms with Crippen LogP contribution >= 0.6 is 7.82 Å². The van der Waals surface area contributed by atoms with Crippen molar-refractivity contribution < 1.29 is 28.8 Å². The highest BCUT2D eigenvalue weighted by Crippen LogP contribution is 2.41. The number of phenols is 1. The molecule has 0 aliphatic heterocycles. The van der Waals surface area contributed by atoms with Crippen LogP contribution in [-0.2, 0) is 15.8 Å². The lowest BCUT2D eigenvalue weighted by molar-refractivity contribution is -0.120. The van der Waals surface area contributed by atoms with Crippen molar-refractivity contribution in [1.29, 1.82) is 0 Å². The molecule has 0 heterocycles. The summed E-state index contributed by atoms with van der Waals surface area (Å²) >= 11 is 0. The fourth-order valence-corrected chi connectivity index (χ4v) is 1.78. The monoisotopic (exact) mass is 321 g/mol. The van der Waals surface area contributed by atoms with Crippen LogP contribution in [0.5, 0.6) is 11.5 Å². The zero-order chi connectivity index (χ0) is 16.6. The summed E-state index contributed by atoms with van der Waals surface area (Å²) in [5.74, 6) is 3.62. The smallest absolute Gasteiger partial charge is 0.504 e. The van der Waals surface area contributed by atoms with Crippen LogP contribution in [-0.4, -0.2) is 26.8 Å². The van der Waals surface area contributed by atoms with E-state index in [1.54, 1.807) is 0 Å². The molecule has 0 fully saturated rings. The van der Waals surface area contributed by atoms with Gasteiger partial charge in [-0.25, -0.2) is 9.99 Å². The Balaban J connectivity index is 0.00000191. The van der Waals surface area contributed by atoms with E-state index in [4.69, 9.17) is 21.4 Å². The van der Waals surface area contributed by atoms with Crippen molar-refractivity contribution in [2.24, 2.45) is 11.6 Å². The molecule has 1 amide bonds. The standard InChI is InChI=1S/C9H14N3O6P.C2H6/c10-9(14)6(12-11)3-5-1-2-8(7(13)4-5)18-19(15,16)17;1-2/h1-2,4,6,12-13H,3,11H2,(H2,10,14)(H2,15,16,17);1-2H3. The van der Waals surface area contributed by atoms with Gasteiger partial charge in [0.15, 0.2) is 11.5 Å². The molecule has 1 atom stereocenters. The van der Waals surface area contributed by atoms with Crippen LogP contribution in [0.15, 0.2) is 18.2 Å². The molecule has 0 bridgehead atoms. The van der Waals surface area contributed by atoms with Gasteiger partial charge in [0.25, 0.3) is 0 Å². The van der Waals surface area contributed by atoms with Gasteiger partial charge in [-0.05, 0) is 24.1 Å². The molecular formula is C11H20N3O6P. The first-order chi connectivity index (χ1) is 9.73. The van der Waals surface area contributed by atoms with E-state index >= 15 is 0 Å². The first-order valence-electron chi connectivity index (χ1n) is 6.05. The van der Waals surface area contributed by atoms with Crippen LogP contribution in [0.25, 0.3) is 0 Å². The molecule has 21 heavy (non-hydrogen) atoms. The van der Waals surface area contributed by atoms with Gasteiger partial charge in [-0.3, -0.25) is 20.4 Å². The third-order valence-corrected chi connectivity index (χ3v) is 2.66. The average molecular weight is 321 g/mol. The van der Waals surface area contributed by atoms with Crippen LogP contribution in [0.3, 0.4) is 0 Å². The van der Waals surface area contributed by atoms with Crippen LogP contribution in [0.4, 0.5) is 0 Å². The molecule has 9 nitrogen and oxygen atoms in total. The summed E-state index contributed by atoms with van der Waals surface area (Å²) in [6, 6.07) is 2.95. The van der Waals surface area contributed by atoms with Crippen LogP contribution in [0.2, 0.25) is 0 Å². The zero-order valence-corrected chi connectivity index (χ0v) is 12.6. The van der Waals surface area contributed by atoms with Crippen molar-refractivity contribution in [2.45, 2.75) is 26.3 Å². The minimum Gasteiger partial charge on any atom is -0.504 e. The Hall–Kier alpha value is -1.64. The molecular weight excluding hydrogens is 301 g/mol. The lowest BCUT2D eigenvalue weighted by atomic mass is 10.1. The number of hydrazine groups is 1. The molecule has 0 aromatic heterocycles. The minimum atomic E-state index is -4.75. The second-order valence-corrected chi connectivity index (χ2v) is 4.87. The van der Waals surface area contributed by atoms with E-state index in [1.807, 2.05) is 13.8 Å². The molecule has 8 N–H and O–H groups in total. The number of phosphoric acid groups is 1. The molecule has 1 rings (SSSR count). The molecule has 1 aromatic rings. The average Bonchev–Trinajstić information content (AvgIpc) is 2.39. The van der Waals surface area contributed by atoms with Crippen LogP contribution in [0, 0.1) is 0 Å². The number of carbonyl (C=O) groups excluding carboxylic acids is 1. The Kier molecular flexibility index (Phi) is 7.93. The molecule has 0 saturated heterocycles. The quantitative estimate of drug-likeness (QED) is 0.237. The lowest BCUT2D eigenvalue weighted by Gasteiger charge is -2.13. The van der Waals surface area contributed by atoms with Crippen molar-refractivity contribution in [3.63, 3.8) is 0 Å². The Morgan fingerprint density at radius 2 is 2.00 bits per heavy atom. The summed E-state index contributed by atoms with van der Waals surface area (Å²) in [5, 5.41) is 9.54. The highest BCUT2D eigenvalue weighted by atomic mass is 31.2. The molecule has 0 radical (unpaired) electrons. The van der Waals surface area contributed by atoms with Gasteiger partial charge in [0, 0.05) is 0 Å². The van der Waals surface area contributed by atoms with Crippen LogP contribution in [0.1, 0.15) is 19.4 Å². The molecule has 0 aliphatic rings. The van der Waals surface area contributed by atoms with Gasteiger partial charge in [-0.15, -0.1) is 0 Å². The zero-order valence-electron chi connectivity index (χ0n) is 11.7. The second kappa shape index (κ2) is 8.60. The first-order valence-corrected chi connectivity index (χ1v) is 7.58. The van der Waals surface area contributed by atoms with E-state index in [2.05, 4.69) is 9.95 Å². The molecule has 0 aliphatic carbocycles. The molecule has 0 saturated carbocycles. The van der Waals surface area contributed by atoms with Crippen molar-refractivity contribution in [1.82, 2.24) is 5.43 Å². The van der Waals surface area contributed by atoms with Crippen LogP contribution < -0.4 is 21.5 Å². The maximum atomic E-state index is 11.0. The normalized spacial score (nSPS) is 12.0. The van der Waals surface area contributed by atoms with Gasteiger partial charge in [0.2, 0.25) is 5.91 Å². The van der Waals surface area contributed by atoms with Gasteiger partial charge in [-0.2, -0.15) is 0 Å². The van der Waals surface area contributed by atoms with E-state index in [0.29, 0.717) is 5.56 Å². The highest BCUT2D eigenvalue weighted by molar-refractivity contribution is 7.46. The van der Waals surface area contributed by atoms with Gasteiger partial charge < -0.3 is 15.4 Å². The number of aromatic hydroxyl groups is 1. The number of benzene rings is 1. The number of hydrogen-bond donors (Lipinski definition) is 6. The molecule has 10 heteroatoms. The second-order valence-electron chi connectivity index (χ2n) is 3.71. The number of carbonyl (C=O) groups is 1. The third kappa shape index (κ3) is 7.07. The Morgan fingerprint density at radius 1 is 1.43 bits per heavy atom. The number of primary amides is 1. The summed E-state index contributed by atoms with van der Waals surface area (Å²) in [6.45, 7) is 4.00. The SMILES string of the molecule is CC.NNC(Cc1ccc(OP(=O)(O)O)c(O)c1)C(N)=O. The van der Waals surface area contributed by atoms with E-state index in [0.717, 1.165) is 0 Å². The van der Waals surface area contributed by atoms with E-state index in [9.17, 15) is 14.5 Å². The van der Waals surface area contributed by atoms with E-state index < -0.39 is 25.5 Å². The van der Waals surface area contributed by atoms with Gasteiger partial charge in [0.05, 0.1) is 0 Å². The van der Waals surface area contributed by atoms with Crippen molar-refractivity contribution in [3.05, 3.63) is 23.8 Å². The molecule has 120 valence electrons. The third-order valence-electron chi connectivity index (χ3n) is 2.23. The fraction of sp³-hybridized carbons (Fsp3) is 0.364. The Labute approximate surface area is 122 Å². The summed E-state index contributed by atoms with van der Waals surface area (Å²) in [6.07, 6.45) is 0.107. The summed E-state index contributed by atoms with van der Waals surface area (Å²) in [4.78, 5) is 28.2. The molecule has 1 unspecified atom stereocenters. The molecule has 1 aromatic carbocycles. The van der Waals surface area contributed by atoms with Crippen molar-refractivity contribution in [3.8, 4) is 11.5 Å². The number of rotatable bonds is 6. The number of nitrogens with two attached hydrogens (primary N) is 2. The first kappa shape index (κ1) is 19.4. The summed E-state index contributed by atoms with van der Waals surface area (Å²) in [5.41, 5.74) is 7.77. The van der Waals surface area contributed by atoms with Gasteiger partial charge >= 0.3 is 7.82 Å². The highest BCUT2D eigenvalue weighted by Gasteiger charge is 2.19. The van der Waals surface area contributed by atoms with E-state index in [-0.39, 0.29) is 12.2 Å². The van der Waals surface area contributed by atoms with Gasteiger partial charge in [0.1, 0.15) is 6.04 Å². The number of phosphoric ester groups is 1. The Morgan fingerprint density at radius 3 is 2.38 bits per heavy atom. The van der Waals surface area contributed by atoms with Crippen molar-refractivity contribution >= 4 is 13.7 Å². The predicted octanol–water partition coefficient (Wildman–Crippen LogP) is -0.250. The summed E-state index contributed by atoms with van der Waals surface area (Å²) < 4.78 is 14.9. The number of amides is 1. The number of nitrogens with one attached hydrogen (secondary N) is 1. The largest absolute Gasteiger partial charge is 0.524 e. The predicted molar refractivity (Wildman–Crippen MR) is 76.1 cm³/mol. The fourth-order valence-electron chi connectivity index (χ4n) is 1.37. The number of phenolic OH excluding ortho intramolecular Hbond substituents is 1. The maximum Gasteiger partial charge on any atom is 0.524 e. The Bertz CT molecular complexity index is 519. The lowest BCUT2D eigenvalue weighted by Crippen LogP contribution is -2.46. The minimum absolute atomic E-state index is 0.107. The van der Waals surface area contributed by atoms with E-state index in [1.165, 1.54) is 18.2 Å². The maximum absolute atomic E-state index is 11.0. The van der Waals surface area contributed by atoms with Crippen molar-refractivity contribution in [2.75, 3.05) is 0 Å². The topological polar surface area (TPSA) is 168 Å². The number of hydrogen-bond acceptors (Lipinski definition) is 6. The summed E-state index contributed by atoms with van der Waals surface area (Å²) in [7, 11) is -4.75.